The summed E-state index contributed by atoms with van der Waals surface area (Å²) in [7, 11) is 0. The Morgan fingerprint density at radius 2 is 2.25 bits per heavy atom. The molecule has 0 aliphatic rings. The van der Waals surface area contributed by atoms with Crippen molar-refractivity contribution in [3.05, 3.63) is 29.3 Å². The predicted octanol–water partition coefficient (Wildman–Crippen LogP) is 3.15. The lowest BCUT2D eigenvalue weighted by Crippen LogP contribution is -2.08. The van der Waals surface area contributed by atoms with Crippen molar-refractivity contribution in [2.45, 2.75) is 25.6 Å². The molecule has 3 nitrogen and oxygen atoms in total. The number of carboxylic acid groups (broad SMARTS) is 1. The first-order chi connectivity index (χ1) is 7.56. The zero-order valence-corrected chi connectivity index (χ0v) is 10.1. The van der Waals surface area contributed by atoms with E-state index >= 15 is 0 Å². The zero-order valence-electron chi connectivity index (χ0n) is 9.37. The van der Waals surface area contributed by atoms with Gasteiger partial charge in [0.1, 0.15) is 5.75 Å². The van der Waals surface area contributed by atoms with E-state index in [2.05, 4.69) is 0 Å². The van der Waals surface area contributed by atoms with Crippen molar-refractivity contribution in [1.29, 1.82) is 0 Å². The third-order valence-corrected chi connectivity index (χ3v) is 2.54. The van der Waals surface area contributed by atoms with Crippen molar-refractivity contribution in [3.8, 4) is 5.75 Å². The Labute approximate surface area is 100.0 Å². The Morgan fingerprint density at radius 1 is 1.56 bits per heavy atom. The minimum atomic E-state index is -1.06. The van der Waals surface area contributed by atoms with E-state index < -0.39 is 11.3 Å². The standard InChI is InChI=1S/C12H15ClO3/c1-3-6-16-10-7-8(2)4-5-9(10)11(13)12(14)15/h4-5,7,11H,3,6H2,1-2H3,(H,14,15). The highest BCUT2D eigenvalue weighted by atomic mass is 35.5. The number of carbonyl (C=O) groups is 1. The molecule has 0 aliphatic heterocycles. The second kappa shape index (κ2) is 5.75. The van der Waals surface area contributed by atoms with Crippen LogP contribution in [0.3, 0.4) is 0 Å². The lowest BCUT2D eigenvalue weighted by molar-refractivity contribution is -0.136. The third kappa shape index (κ3) is 3.14. The number of aliphatic carboxylic acids is 1. The van der Waals surface area contributed by atoms with Crippen molar-refractivity contribution < 1.29 is 14.6 Å². The maximum atomic E-state index is 10.8. The number of hydrogen-bond donors (Lipinski definition) is 1. The predicted molar refractivity (Wildman–Crippen MR) is 63.2 cm³/mol. The second-order valence-corrected chi connectivity index (χ2v) is 4.03. The van der Waals surface area contributed by atoms with Crippen LogP contribution in [-0.2, 0) is 4.79 Å². The van der Waals surface area contributed by atoms with Crippen LogP contribution in [0.25, 0.3) is 0 Å². The van der Waals surface area contributed by atoms with Crippen molar-refractivity contribution in [2.24, 2.45) is 0 Å². The van der Waals surface area contributed by atoms with Crippen LogP contribution in [0.2, 0.25) is 0 Å². The van der Waals surface area contributed by atoms with Crippen LogP contribution < -0.4 is 4.74 Å². The van der Waals surface area contributed by atoms with Crippen molar-refractivity contribution in [2.75, 3.05) is 6.61 Å². The highest BCUT2D eigenvalue weighted by Gasteiger charge is 2.20. The molecule has 0 aromatic heterocycles. The molecule has 0 saturated carbocycles. The van der Waals surface area contributed by atoms with Gasteiger partial charge in [0.15, 0.2) is 5.38 Å². The van der Waals surface area contributed by atoms with Gasteiger partial charge in [-0.05, 0) is 25.0 Å². The van der Waals surface area contributed by atoms with Crippen LogP contribution in [0.4, 0.5) is 0 Å². The number of ether oxygens (including phenoxy) is 1. The van der Waals surface area contributed by atoms with Crippen LogP contribution in [0, 0.1) is 6.92 Å². The van der Waals surface area contributed by atoms with Gasteiger partial charge >= 0.3 is 5.97 Å². The molecule has 1 unspecified atom stereocenters. The average molecular weight is 243 g/mol. The van der Waals surface area contributed by atoms with Crippen molar-refractivity contribution in [1.82, 2.24) is 0 Å². The van der Waals surface area contributed by atoms with Gasteiger partial charge in [0.2, 0.25) is 0 Å². The van der Waals surface area contributed by atoms with Gasteiger partial charge in [0, 0.05) is 5.56 Å². The Balaban J connectivity index is 3.01. The zero-order chi connectivity index (χ0) is 12.1. The number of alkyl halides is 1. The summed E-state index contributed by atoms with van der Waals surface area (Å²) in [5.41, 5.74) is 1.53. The lowest BCUT2D eigenvalue weighted by Gasteiger charge is -2.13. The molecule has 0 amide bonds. The fourth-order valence-corrected chi connectivity index (χ4v) is 1.50. The Kier molecular flexibility index (Phi) is 4.62. The summed E-state index contributed by atoms with van der Waals surface area (Å²) < 4.78 is 5.49. The van der Waals surface area contributed by atoms with Crippen LogP contribution in [0.5, 0.6) is 5.75 Å². The topological polar surface area (TPSA) is 46.5 Å². The molecule has 1 atom stereocenters. The number of aryl methyl sites for hydroxylation is 1. The summed E-state index contributed by atoms with van der Waals surface area (Å²) in [6, 6.07) is 5.34. The quantitative estimate of drug-likeness (QED) is 0.807. The molecule has 88 valence electrons. The molecule has 4 heteroatoms. The summed E-state index contributed by atoms with van der Waals surface area (Å²) in [6.07, 6.45) is 0.868. The molecule has 0 aliphatic carbocycles. The van der Waals surface area contributed by atoms with E-state index in [1.165, 1.54) is 0 Å². The highest BCUT2D eigenvalue weighted by Crippen LogP contribution is 2.31. The smallest absolute Gasteiger partial charge is 0.326 e. The highest BCUT2D eigenvalue weighted by molar-refractivity contribution is 6.29. The Morgan fingerprint density at radius 3 is 2.81 bits per heavy atom. The van der Waals surface area contributed by atoms with Crippen LogP contribution in [-0.4, -0.2) is 17.7 Å². The normalized spacial score (nSPS) is 12.2. The van der Waals surface area contributed by atoms with Gasteiger partial charge in [-0.2, -0.15) is 0 Å². The third-order valence-electron chi connectivity index (χ3n) is 2.12. The monoisotopic (exact) mass is 242 g/mol. The Hall–Kier alpha value is -1.22. The van der Waals surface area contributed by atoms with E-state index in [9.17, 15) is 4.79 Å². The maximum Gasteiger partial charge on any atom is 0.326 e. The van der Waals surface area contributed by atoms with Gasteiger partial charge in [-0.1, -0.05) is 19.1 Å². The van der Waals surface area contributed by atoms with Gasteiger partial charge in [-0.25, -0.2) is 0 Å². The maximum absolute atomic E-state index is 10.8. The summed E-state index contributed by atoms with van der Waals surface area (Å²) >= 11 is 5.80. The fraction of sp³-hybridized carbons (Fsp3) is 0.417. The first kappa shape index (κ1) is 12.8. The fourth-order valence-electron chi connectivity index (χ4n) is 1.32. The molecule has 0 saturated heterocycles. The molecule has 0 spiro atoms. The summed E-state index contributed by atoms with van der Waals surface area (Å²) in [5.74, 6) is -0.504. The Bertz CT molecular complexity index is 377. The number of rotatable bonds is 5. The molecular weight excluding hydrogens is 228 g/mol. The number of carboxylic acids is 1. The summed E-state index contributed by atoms with van der Waals surface area (Å²) in [4.78, 5) is 10.8. The molecule has 0 fully saturated rings. The molecule has 0 radical (unpaired) electrons. The van der Waals surface area contributed by atoms with E-state index in [4.69, 9.17) is 21.4 Å². The minimum Gasteiger partial charge on any atom is -0.493 e. The number of halogens is 1. The van der Waals surface area contributed by atoms with E-state index in [0.29, 0.717) is 17.9 Å². The van der Waals surface area contributed by atoms with Crippen LogP contribution in [0.15, 0.2) is 18.2 Å². The minimum absolute atomic E-state index is 0.508. The van der Waals surface area contributed by atoms with E-state index in [0.717, 1.165) is 12.0 Å². The largest absolute Gasteiger partial charge is 0.493 e. The molecule has 1 aromatic carbocycles. The number of hydrogen-bond acceptors (Lipinski definition) is 2. The van der Waals surface area contributed by atoms with Gasteiger partial charge in [0.25, 0.3) is 0 Å². The molecule has 1 rings (SSSR count). The summed E-state index contributed by atoms with van der Waals surface area (Å²) in [6.45, 7) is 4.47. The molecule has 1 N–H and O–H groups in total. The van der Waals surface area contributed by atoms with Crippen LogP contribution >= 0.6 is 11.6 Å². The SMILES string of the molecule is CCCOc1cc(C)ccc1C(Cl)C(=O)O. The van der Waals surface area contributed by atoms with Crippen molar-refractivity contribution >= 4 is 17.6 Å². The molecule has 16 heavy (non-hydrogen) atoms. The lowest BCUT2D eigenvalue weighted by atomic mass is 10.1. The van der Waals surface area contributed by atoms with Crippen LogP contribution in [0.1, 0.15) is 29.8 Å². The van der Waals surface area contributed by atoms with Crippen molar-refractivity contribution in [3.63, 3.8) is 0 Å². The first-order valence-electron chi connectivity index (χ1n) is 5.16. The van der Waals surface area contributed by atoms with Gasteiger partial charge in [-0.3, -0.25) is 4.79 Å². The van der Waals surface area contributed by atoms with E-state index in [-0.39, 0.29) is 0 Å². The average Bonchev–Trinajstić information content (AvgIpc) is 2.25. The number of benzene rings is 1. The molecular formula is C12H15ClO3. The molecule has 0 bridgehead atoms. The molecule has 0 heterocycles. The van der Waals surface area contributed by atoms with Gasteiger partial charge < -0.3 is 9.84 Å². The summed E-state index contributed by atoms with van der Waals surface area (Å²) in [5, 5.41) is 7.80. The van der Waals surface area contributed by atoms with E-state index in [1.807, 2.05) is 26.0 Å². The second-order valence-electron chi connectivity index (χ2n) is 3.59. The van der Waals surface area contributed by atoms with Gasteiger partial charge in [-0.15, -0.1) is 11.6 Å². The molecule has 1 aromatic rings. The first-order valence-corrected chi connectivity index (χ1v) is 5.60. The van der Waals surface area contributed by atoms with E-state index in [1.54, 1.807) is 6.07 Å². The van der Waals surface area contributed by atoms with Gasteiger partial charge in [0.05, 0.1) is 6.61 Å².